The van der Waals surface area contributed by atoms with Crippen LogP contribution in [0.1, 0.15) is 28.1 Å². The van der Waals surface area contributed by atoms with Gasteiger partial charge in [0.15, 0.2) is 0 Å². The van der Waals surface area contributed by atoms with Gasteiger partial charge in [0.25, 0.3) is 5.91 Å². The van der Waals surface area contributed by atoms with E-state index in [2.05, 4.69) is 22.1 Å². The predicted molar refractivity (Wildman–Crippen MR) is 98.1 cm³/mol. The van der Waals surface area contributed by atoms with Crippen molar-refractivity contribution in [3.63, 3.8) is 0 Å². The van der Waals surface area contributed by atoms with E-state index in [0.29, 0.717) is 19.0 Å². The molecular weight excluding hydrogens is 334 g/mol. The third-order valence-corrected chi connectivity index (χ3v) is 5.85. The number of aromatic nitrogens is 2. The van der Waals surface area contributed by atoms with Gasteiger partial charge in [-0.15, -0.1) is 11.3 Å². The van der Waals surface area contributed by atoms with Crippen LogP contribution in [0.4, 0.5) is 0 Å². The first-order valence-electron chi connectivity index (χ1n) is 8.42. The van der Waals surface area contributed by atoms with Gasteiger partial charge in [-0.05, 0) is 23.9 Å². The minimum absolute atomic E-state index is 0.0873. The number of fused-ring (bicyclic) bond motifs is 1. The minimum atomic E-state index is 0.0873. The van der Waals surface area contributed by atoms with Crippen LogP contribution < -0.4 is 4.74 Å². The third kappa shape index (κ3) is 3.22. The maximum atomic E-state index is 12.9. The molecule has 25 heavy (non-hydrogen) atoms. The van der Waals surface area contributed by atoms with Gasteiger partial charge in [0.1, 0.15) is 6.10 Å². The Morgan fingerprint density at radius 1 is 1.24 bits per heavy atom. The highest BCUT2D eigenvalue weighted by atomic mass is 32.1. The molecule has 1 fully saturated rings. The molecule has 6 heteroatoms. The molecule has 0 spiro atoms. The number of likely N-dealkylation sites (tertiary alicyclic amines) is 1. The van der Waals surface area contributed by atoms with Crippen LogP contribution in [0, 0.1) is 6.92 Å². The molecule has 0 saturated carbocycles. The number of nitrogens with zero attached hydrogens (tertiary/aromatic N) is 3. The molecule has 2 aromatic heterocycles. The Bertz CT molecular complexity index is 886. The summed E-state index contributed by atoms with van der Waals surface area (Å²) in [6.45, 7) is 3.45. The number of aryl methyl sites for hydroxylation is 1. The number of carbonyl (C=O) groups is 1. The lowest BCUT2D eigenvalue weighted by Gasteiger charge is -2.31. The summed E-state index contributed by atoms with van der Waals surface area (Å²) in [6, 6.07) is 8.19. The first-order valence-corrected chi connectivity index (χ1v) is 9.24. The number of benzene rings is 1. The van der Waals surface area contributed by atoms with Gasteiger partial charge in [-0.3, -0.25) is 9.78 Å². The van der Waals surface area contributed by atoms with Gasteiger partial charge in [-0.1, -0.05) is 18.2 Å². The van der Waals surface area contributed by atoms with E-state index in [4.69, 9.17) is 4.74 Å². The molecule has 4 rings (SSSR count). The zero-order valence-electron chi connectivity index (χ0n) is 14.0. The fraction of sp³-hybridized carbons (Fsp3) is 0.316. The standard InChI is InChI=1S/C19H19N3O2S/c1-13-15-4-2-3-5-16(15)25-18(13)19(23)22-10-6-14(7-11-22)24-17-12-20-8-9-21-17/h2-5,8-9,12,14H,6-7,10-11H2,1H3. The van der Waals surface area contributed by atoms with Crippen LogP contribution in [0.15, 0.2) is 42.9 Å². The van der Waals surface area contributed by atoms with Crippen molar-refractivity contribution in [1.82, 2.24) is 14.9 Å². The summed E-state index contributed by atoms with van der Waals surface area (Å²) < 4.78 is 7.02. The predicted octanol–water partition coefficient (Wildman–Crippen LogP) is 3.68. The Morgan fingerprint density at radius 2 is 2.04 bits per heavy atom. The van der Waals surface area contributed by atoms with Crippen molar-refractivity contribution >= 4 is 27.3 Å². The molecule has 0 bridgehead atoms. The molecule has 1 aromatic carbocycles. The fourth-order valence-corrected chi connectivity index (χ4v) is 4.39. The van der Waals surface area contributed by atoms with Crippen LogP contribution >= 0.6 is 11.3 Å². The SMILES string of the molecule is Cc1c(C(=O)N2CCC(Oc3cnccn3)CC2)sc2ccccc12. The number of amides is 1. The average Bonchev–Trinajstić information content (AvgIpc) is 3.00. The summed E-state index contributed by atoms with van der Waals surface area (Å²) in [5, 5.41) is 1.18. The lowest BCUT2D eigenvalue weighted by atomic mass is 10.1. The Kier molecular flexibility index (Phi) is 4.36. The summed E-state index contributed by atoms with van der Waals surface area (Å²) in [7, 11) is 0. The van der Waals surface area contributed by atoms with Gasteiger partial charge in [0.2, 0.25) is 5.88 Å². The molecule has 0 aliphatic carbocycles. The lowest BCUT2D eigenvalue weighted by Crippen LogP contribution is -2.41. The monoisotopic (exact) mass is 353 g/mol. The van der Waals surface area contributed by atoms with Crippen LogP contribution in [-0.4, -0.2) is 40.0 Å². The molecule has 1 aliphatic rings. The summed E-state index contributed by atoms with van der Waals surface area (Å²) in [4.78, 5) is 23.9. The fourth-order valence-electron chi connectivity index (χ4n) is 3.22. The van der Waals surface area contributed by atoms with Crippen molar-refractivity contribution in [3.05, 3.63) is 53.3 Å². The number of carbonyl (C=O) groups excluding carboxylic acids is 1. The highest BCUT2D eigenvalue weighted by Crippen LogP contribution is 2.32. The van der Waals surface area contributed by atoms with E-state index in [1.54, 1.807) is 29.9 Å². The van der Waals surface area contributed by atoms with Crippen LogP contribution in [-0.2, 0) is 0 Å². The van der Waals surface area contributed by atoms with Gasteiger partial charge >= 0.3 is 0 Å². The van der Waals surface area contributed by atoms with E-state index in [1.165, 1.54) is 10.1 Å². The van der Waals surface area contributed by atoms with Crippen LogP contribution in [0.3, 0.4) is 0 Å². The zero-order chi connectivity index (χ0) is 17.2. The van der Waals surface area contributed by atoms with Gasteiger partial charge < -0.3 is 9.64 Å². The smallest absolute Gasteiger partial charge is 0.264 e. The quantitative estimate of drug-likeness (QED) is 0.721. The summed E-state index contributed by atoms with van der Waals surface area (Å²) in [5.74, 6) is 0.685. The van der Waals surface area contributed by atoms with Crippen molar-refractivity contribution in [2.75, 3.05) is 13.1 Å². The van der Waals surface area contributed by atoms with Crippen molar-refractivity contribution in [2.24, 2.45) is 0 Å². The highest BCUT2D eigenvalue weighted by Gasteiger charge is 2.27. The second kappa shape index (κ2) is 6.80. The number of thiophene rings is 1. The lowest BCUT2D eigenvalue weighted by molar-refractivity contribution is 0.0591. The number of ether oxygens (including phenoxy) is 1. The molecular formula is C19H19N3O2S. The highest BCUT2D eigenvalue weighted by molar-refractivity contribution is 7.21. The Morgan fingerprint density at radius 3 is 2.76 bits per heavy atom. The summed E-state index contributed by atoms with van der Waals surface area (Å²) in [6.07, 6.45) is 6.58. The van der Waals surface area contributed by atoms with Crippen LogP contribution in [0.5, 0.6) is 5.88 Å². The van der Waals surface area contributed by atoms with Crippen molar-refractivity contribution in [1.29, 1.82) is 0 Å². The Hall–Kier alpha value is -2.47. The van der Waals surface area contributed by atoms with E-state index in [-0.39, 0.29) is 12.0 Å². The summed E-state index contributed by atoms with van der Waals surface area (Å²) >= 11 is 1.59. The number of piperidine rings is 1. The van der Waals surface area contributed by atoms with E-state index in [0.717, 1.165) is 23.3 Å². The Labute approximate surface area is 150 Å². The largest absolute Gasteiger partial charge is 0.473 e. The van der Waals surface area contributed by atoms with Gasteiger partial charge in [-0.25, -0.2) is 4.98 Å². The molecule has 0 unspecified atom stereocenters. The number of rotatable bonds is 3. The summed E-state index contributed by atoms with van der Waals surface area (Å²) in [5.41, 5.74) is 1.09. The molecule has 3 aromatic rings. The maximum absolute atomic E-state index is 12.9. The van der Waals surface area contributed by atoms with Crippen molar-refractivity contribution < 1.29 is 9.53 Å². The molecule has 0 atom stereocenters. The molecule has 1 saturated heterocycles. The molecule has 0 radical (unpaired) electrons. The third-order valence-electron chi connectivity index (χ3n) is 4.59. The van der Waals surface area contributed by atoms with Crippen molar-refractivity contribution in [2.45, 2.75) is 25.9 Å². The number of hydrogen-bond acceptors (Lipinski definition) is 5. The number of hydrogen-bond donors (Lipinski definition) is 0. The van der Waals surface area contributed by atoms with E-state index in [9.17, 15) is 4.79 Å². The van der Waals surface area contributed by atoms with E-state index in [1.807, 2.05) is 24.0 Å². The molecule has 3 heterocycles. The average molecular weight is 353 g/mol. The van der Waals surface area contributed by atoms with E-state index < -0.39 is 0 Å². The molecule has 128 valence electrons. The first-order chi connectivity index (χ1) is 12.2. The maximum Gasteiger partial charge on any atom is 0.264 e. The van der Waals surface area contributed by atoms with Gasteiger partial charge in [-0.2, -0.15) is 0 Å². The van der Waals surface area contributed by atoms with E-state index >= 15 is 0 Å². The molecule has 5 nitrogen and oxygen atoms in total. The normalized spacial score (nSPS) is 15.5. The Balaban J connectivity index is 1.43. The topological polar surface area (TPSA) is 55.3 Å². The van der Waals surface area contributed by atoms with Crippen LogP contribution in [0.25, 0.3) is 10.1 Å². The second-order valence-corrected chi connectivity index (χ2v) is 7.26. The molecule has 0 N–H and O–H groups in total. The molecule has 1 aliphatic heterocycles. The van der Waals surface area contributed by atoms with Gasteiger partial charge in [0.05, 0.1) is 11.1 Å². The first kappa shape index (κ1) is 16.0. The van der Waals surface area contributed by atoms with Gasteiger partial charge in [0, 0.05) is 43.0 Å². The molecule has 1 amide bonds. The second-order valence-electron chi connectivity index (χ2n) is 6.21. The minimum Gasteiger partial charge on any atom is -0.473 e. The zero-order valence-corrected chi connectivity index (χ0v) is 14.8. The van der Waals surface area contributed by atoms with Crippen LogP contribution in [0.2, 0.25) is 0 Å². The van der Waals surface area contributed by atoms with Crippen molar-refractivity contribution in [3.8, 4) is 5.88 Å².